The number of alkyl halides is 4. The Kier molecular flexibility index (Phi) is 4.25. The molecule has 26 heavy (non-hydrogen) atoms. The Morgan fingerprint density at radius 1 is 1.31 bits per heavy atom. The van der Waals surface area contributed by atoms with E-state index in [1.165, 1.54) is 0 Å². The first-order valence-corrected chi connectivity index (χ1v) is 9.01. The molecule has 0 aromatic carbocycles. The molecule has 2 heterocycles. The summed E-state index contributed by atoms with van der Waals surface area (Å²) in [6, 6.07) is 1.99. The minimum atomic E-state index is -3.87. The van der Waals surface area contributed by atoms with E-state index >= 15 is 0 Å². The normalized spacial score (nSPS) is 18.8. The lowest BCUT2D eigenvalue weighted by molar-refractivity contribution is -0.605. The van der Waals surface area contributed by atoms with Gasteiger partial charge in [-0.15, -0.1) is 0 Å². The Labute approximate surface area is 144 Å². The van der Waals surface area contributed by atoms with Gasteiger partial charge in [0, 0.05) is 24.8 Å². The van der Waals surface area contributed by atoms with E-state index < -0.39 is 51.3 Å². The Balaban J connectivity index is 2.12. The fraction of sp³-hybridized carbons (Fsp3) is 0.357. The van der Waals surface area contributed by atoms with Crippen LogP contribution in [0.4, 0.5) is 17.6 Å². The summed E-state index contributed by atoms with van der Waals surface area (Å²) in [5.74, 6) is -5.29. The zero-order valence-corrected chi connectivity index (χ0v) is 13.9. The molecule has 1 fully saturated rings. The van der Waals surface area contributed by atoms with E-state index in [0.29, 0.717) is 0 Å². The van der Waals surface area contributed by atoms with E-state index in [1.54, 1.807) is 0 Å². The van der Waals surface area contributed by atoms with Crippen LogP contribution in [0.25, 0.3) is 11.3 Å². The van der Waals surface area contributed by atoms with Gasteiger partial charge in [0.1, 0.15) is 5.82 Å². The van der Waals surface area contributed by atoms with Crippen LogP contribution < -0.4 is 9.47 Å². The number of hydrogen-bond donors (Lipinski definition) is 0. The van der Waals surface area contributed by atoms with Crippen LogP contribution in [0.15, 0.2) is 29.6 Å². The van der Waals surface area contributed by atoms with E-state index in [4.69, 9.17) is 0 Å². The molecule has 0 radical (unpaired) electrons. The SMILES string of the molecule is CS(=O)(=O)c1cc(-c2cc(OC(F)F)c[n+]([O-])c2)nc(C2CC2(F)F)n1. The van der Waals surface area contributed by atoms with E-state index in [9.17, 15) is 31.2 Å². The van der Waals surface area contributed by atoms with E-state index in [2.05, 4.69) is 14.7 Å². The van der Waals surface area contributed by atoms with Crippen molar-refractivity contribution >= 4 is 9.84 Å². The van der Waals surface area contributed by atoms with Gasteiger partial charge in [0.2, 0.25) is 6.20 Å². The van der Waals surface area contributed by atoms with Crippen molar-refractivity contribution in [3.8, 4) is 17.0 Å². The molecule has 1 unspecified atom stereocenters. The molecule has 7 nitrogen and oxygen atoms in total. The lowest BCUT2D eigenvalue weighted by Gasteiger charge is -2.09. The summed E-state index contributed by atoms with van der Waals surface area (Å²) in [5.41, 5.74) is -0.266. The third kappa shape index (κ3) is 3.84. The first-order valence-electron chi connectivity index (χ1n) is 7.11. The predicted octanol–water partition coefficient (Wildman–Crippen LogP) is 1.90. The number of hydrogen-bond acceptors (Lipinski definition) is 6. The number of halogens is 4. The van der Waals surface area contributed by atoms with Crippen molar-refractivity contribution in [1.82, 2.24) is 9.97 Å². The lowest BCUT2D eigenvalue weighted by Crippen LogP contribution is -2.25. The molecule has 0 bridgehead atoms. The zero-order chi connectivity index (χ0) is 19.3. The Hall–Kier alpha value is -2.50. The number of rotatable bonds is 5. The first kappa shape index (κ1) is 18.3. The highest BCUT2D eigenvalue weighted by molar-refractivity contribution is 7.90. The average molecular weight is 393 g/mol. The topological polar surface area (TPSA) is 96.1 Å². The molecule has 0 N–H and O–H groups in total. The highest BCUT2D eigenvalue weighted by Gasteiger charge is 2.59. The number of nitrogens with zero attached hydrogens (tertiary/aromatic N) is 3. The van der Waals surface area contributed by atoms with E-state index in [0.717, 1.165) is 30.8 Å². The highest BCUT2D eigenvalue weighted by atomic mass is 32.2. The van der Waals surface area contributed by atoms with Crippen molar-refractivity contribution in [2.45, 2.75) is 29.9 Å². The van der Waals surface area contributed by atoms with Crippen LogP contribution in [-0.2, 0) is 9.84 Å². The molecule has 0 spiro atoms. The molecule has 0 saturated heterocycles. The molecule has 1 saturated carbocycles. The van der Waals surface area contributed by atoms with Gasteiger partial charge >= 0.3 is 6.61 Å². The van der Waals surface area contributed by atoms with Crippen molar-refractivity contribution in [3.05, 3.63) is 35.6 Å². The Bertz CT molecular complexity index is 969. The van der Waals surface area contributed by atoms with Gasteiger partial charge in [-0.2, -0.15) is 13.5 Å². The molecular weight excluding hydrogens is 382 g/mol. The minimum Gasteiger partial charge on any atom is -0.619 e. The summed E-state index contributed by atoms with van der Waals surface area (Å²) < 4.78 is 79.2. The zero-order valence-electron chi connectivity index (χ0n) is 13.1. The van der Waals surface area contributed by atoms with Crippen molar-refractivity contribution in [3.63, 3.8) is 0 Å². The summed E-state index contributed by atoms with van der Waals surface area (Å²) in [5, 5.41) is 11.1. The standard InChI is InChI=1S/C14H11F4N3O4S/c1-26(23,24)11-3-10(19-12(20-11)9-4-14(9,17)18)7-2-8(25-13(15)16)6-21(22)5-7/h2-3,5-6,9,13H,4H2,1H3. The molecule has 1 aliphatic rings. The average Bonchev–Trinajstić information content (AvgIpc) is 3.13. The number of ether oxygens (including phenoxy) is 1. The van der Waals surface area contributed by atoms with Crippen molar-refractivity contribution in [1.29, 1.82) is 0 Å². The third-order valence-corrected chi connectivity index (χ3v) is 4.55. The van der Waals surface area contributed by atoms with Crippen molar-refractivity contribution < 1.29 is 35.4 Å². The maximum atomic E-state index is 13.3. The quantitative estimate of drug-likeness (QED) is 0.333. The summed E-state index contributed by atoms with van der Waals surface area (Å²) >= 11 is 0. The molecule has 12 heteroatoms. The van der Waals surface area contributed by atoms with Crippen LogP contribution in [0, 0.1) is 5.21 Å². The van der Waals surface area contributed by atoms with Crippen LogP contribution in [0.2, 0.25) is 0 Å². The number of aromatic nitrogens is 3. The summed E-state index contributed by atoms with van der Waals surface area (Å²) in [6.45, 7) is -3.19. The van der Waals surface area contributed by atoms with Crippen LogP contribution >= 0.6 is 0 Å². The first-order chi connectivity index (χ1) is 12.0. The van der Waals surface area contributed by atoms with Crippen LogP contribution in [0.3, 0.4) is 0 Å². The maximum Gasteiger partial charge on any atom is 0.387 e. The predicted molar refractivity (Wildman–Crippen MR) is 78.5 cm³/mol. The summed E-state index contributed by atoms with van der Waals surface area (Å²) in [4.78, 5) is 7.55. The molecule has 140 valence electrons. The molecule has 2 aromatic rings. The fourth-order valence-corrected chi connectivity index (χ4v) is 2.85. The van der Waals surface area contributed by atoms with E-state index in [1.807, 2.05) is 0 Å². The van der Waals surface area contributed by atoms with Crippen LogP contribution in [0.5, 0.6) is 5.75 Å². The number of sulfone groups is 1. The second kappa shape index (κ2) is 6.04. The second-order valence-corrected chi connectivity index (χ2v) is 7.70. The van der Waals surface area contributed by atoms with Gasteiger partial charge in [-0.3, -0.25) is 0 Å². The lowest BCUT2D eigenvalue weighted by atomic mass is 10.2. The van der Waals surface area contributed by atoms with Crippen molar-refractivity contribution in [2.75, 3.05) is 6.26 Å². The fourth-order valence-electron chi connectivity index (χ4n) is 2.26. The van der Waals surface area contributed by atoms with Gasteiger partial charge in [0.05, 0.1) is 17.2 Å². The van der Waals surface area contributed by atoms with Crippen LogP contribution in [-0.4, -0.2) is 37.2 Å². The molecule has 1 aliphatic carbocycles. The molecule has 1 atom stereocenters. The molecule has 2 aromatic heterocycles. The maximum absolute atomic E-state index is 13.3. The molecular formula is C14H11F4N3O4S. The molecule has 0 amide bonds. The van der Waals surface area contributed by atoms with Gasteiger partial charge in [0.15, 0.2) is 26.8 Å². The smallest absolute Gasteiger partial charge is 0.387 e. The summed E-state index contributed by atoms with van der Waals surface area (Å²) in [6.07, 6.45) is 1.94. The second-order valence-electron chi connectivity index (χ2n) is 5.74. The van der Waals surface area contributed by atoms with Crippen molar-refractivity contribution in [2.24, 2.45) is 0 Å². The largest absolute Gasteiger partial charge is 0.619 e. The van der Waals surface area contributed by atoms with Crippen LogP contribution in [0.1, 0.15) is 18.2 Å². The minimum absolute atomic E-state index is 0.0873. The highest BCUT2D eigenvalue weighted by Crippen LogP contribution is 2.54. The van der Waals surface area contributed by atoms with E-state index in [-0.39, 0.29) is 16.0 Å². The Morgan fingerprint density at radius 2 is 1.96 bits per heavy atom. The Morgan fingerprint density at radius 3 is 2.50 bits per heavy atom. The van der Waals surface area contributed by atoms with Gasteiger partial charge in [-0.25, -0.2) is 27.2 Å². The van der Waals surface area contributed by atoms with Gasteiger partial charge in [-0.1, -0.05) is 0 Å². The molecule has 0 aliphatic heterocycles. The van der Waals surface area contributed by atoms with Gasteiger partial charge < -0.3 is 9.94 Å². The number of pyridine rings is 1. The van der Waals surface area contributed by atoms with Gasteiger partial charge in [-0.05, 0) is 0 Å². The van der Waals surface area contributed by atoms with Gasteiger partial charge in [0.25, 0.3) is 5.92 Å². The third-order valence-electron chi connectivity index (χ3n) is 3.58. The summed E-state index contributed by atoms with van der Waals surface area (Å²) in [7, 11) is -3.87. The molecule has 3 rings (SSSR count). The monoisotopic (exact) mass is 393 g/mol.